The highest BCUT2D eigenvalue weighted by atomic mass is 32.2. The van der Waals surface area contributed by atoms with E-state index in [0.29, 0.717) is 11.1 Å². The van der Waals surface area contributed by atoms with Crippen LogP contribution in [-0.2, 0) is 14.8 Å². The van der Waals surface area contributed by atoms with E-state index in [9.17, 15) is 31.2 Å². The van der Waals surface area contributed by atoms with Crippen LogP contribution < -0.4 is 19.9 Å². The average molecular weight is 499 g/mol. The largest absolute Gasteiger partial charge is 0.477 e. The van der Waals surface area contributed by atoms with E-state index in [4.69, 9.17) is 10.5 Å². The van der Waals surface area contributed by atoms with Crippen LogP contribution in [0, 0.1) is 12.8 Å². The van der Waals surface area contributed by atoms with E-state index < -0.39 is 50.7 Å². The lowest BCUT2D eigenvalue weighted by atomic mass is 10.0. The van der Waals surface area contributed by atoms with Crippen molar-refractivity contribution in [3.8, 4) is 11.6 Å². The van der Waals surface area contributed by atoms with Crippen molar-refractivity contribution in [1.82, 2.24) is 9.71 Å². The number of primary amides is 1. The van der Waals surface area contributed by atoms with Gasteiger partial charge in [0, 0.05) is 18.9 Å². The number of carbonyl (C=O) groups is 2. The number of alkyl halides is 3. The Morgan fingerprint density at radius 2 is 1.91 bits per heavy atom. The average Bonchev–Trinajstić information content (AvgIpc) is 3.62. The molecule has 2 aliphatic carbocycles. The van der Waals surface area contributed by atoms with Crippen LogP contribution in [0.25, 0.3) is 0 Å². The molecule has 0 aliphatic heterocycles. The Balaban J connectivity index is 1.53. The highest BCUT2D eigenvalue weighted by Crippen LogP contribution is 2.58. The van der Waals surface area contributed by atoms with Gasteiger partial charge in [-0.2, -0.15) is 26.6 Å². The molecule has 2 saturated carbocycles. The number of nitrogens with one attached hydrogen (secondary N) is 1. The van der Waals surface area contributed by atoms with Gasteiger partial charge >= 0.3 is 12.3 Å². The van der Waals surface area contributed by atoms with E-state index in [0.717, 1.165) is 6.07 Å². The summed E-state index contributed by atoms with van der Waals surface area (Å²) in [6.07, 6.45) is -5.27. The highest BCUT2D eigenvalue weighted by molar-refractivity contribution is 7.90. The first kappa shape index (κ1) is 23.8. The molecule has 2 aliphatic rings. The van der Waals surface area contributed by atoms with Gasteiger partial charge in [0.2, 0.25) is 5.88 Å². The van der Waals surface area contributed by atoms with Crippen LogP contribution in [0.4, 0.5) is 18.0 Å². The van der Waals surface area contributed by atoms with Gasteiger partial charge in [0.05, 0.1) is 5.92 Å². The van der Waals surface area contributed by atoms with Gasteiger partial charge in [-0.05, 0) is 42.5 Å². The van der Waals surface area contributed by atoms with Crippen LogP contribution in [-0.4, -0.2) is 37.2 Å². The molecular formula is C21H20F3N3O6S. The molecule has 9 nitrogen and oxygen atoms in total. The van der Waals surface area contributed by atoms with E-state index in [1.165, 1.54) is 18.2 Å². The molecule has 34 heavy (non-hydrogen) atoms. The number of ether oxygens (including phenoxy) is 2. The molecule has 0 saturated heterocycles. The first-order valence-electron chi connectivity index (χ1n) is 10.2. The lowest BCUT2D eigenvalue weighted by Crippen LogP contribution is -2.43. The molecule has 2 amide bonds. The molecule has 2 fully saturated rings. The summed E-state index contributed by atoms with van der Waals surface area (Å²) in [4.78, 5) is 27.4. The van der Waals surface area contributed by atoms with Crippen molar-refractivity contribution in [1.29, 1.82) is 0 Å². The molecule has 2 aromatic rings. The van der Waals surface area contributed by atoms with Crippen LogP contribution in [0.15, 0.2) is 41.4 Å². The van der Waals surface area contributed by atoms with Crippen molar-refractivity contribution in [2.75, 3.05) is 0 Å². The maximum atomic E-state index is 13.1. The number of hydrogen-bond donors (Lipinski definition) is 2. The topological polar surface area (TPSA) is 138 Å². The standard InChI is InChI=1S/C21H20F3N3O6S/c1-11-5-6-12(13-10-14(13)21(22,23)24)15(9-11)33-20(7-8-20)18(28)27-34(30,31)17-4-2-3-16(26-17)32-19(25)29/h2-6,9,13-14H,7-8,10H2,1H3,(H2,25,29)(H,27,28). The third-order valence-electron chi connectivity index (χ3n) is 5.61. The number of aromatic nitrogens is 1. The molecule has 4 rings (SSSR count). The minimum atomic E-state index is -4.48. The number of halogens is 3. The second-order valence-electron chi connectivity index (χ2n) is 8.30. The highest BCUT2D eigenvalue weighted by Gasteiger charge is 2.58. The van der Waals surface area contributed by atoms with Crippen LogP contribution in [0.2, 0.25) is 0 Å². The van der Waals surface area contributed by atoms with Gasteiger partial charge in [0.1, 0.15) is 5.75 Å². The number of benzene rings is 1. The molecule has 0 radical (unpaired) electrons. The number of carbonyl (C=O) groups excluding carboxylic acids is 2. The fourth-order valence-electron chi connectivity index (χ4n) is 3.61. The first-order valence-corrected chi connectivity index (χ1v) is 11.7. The van der Waals surface area contributed by atoms with Crippen LogP contribution >= 0.6 is 0 Å². The second kappa shape index (κ2) is 8.15. The third-order valence-corrected chi connectivity index (χ3v) is 6.84. The fraction of sp³-hybridized carbons (Fsp3) is 0.381. The molecule has 13 heteroatoms. The Hall–Kier alpha value is -3.35. The smallest absolute Gasteiger partial charge is 0.411 e. The Morgan fingerprint density at radius 3 is 2.50 bits per heavy atom. The zero-order valence-electron chi connectivity index (χ0n) is 17.8. The van der Waals surface area contributed by atoms with Crippen molar-refractivity contribution in [2.45, 2.75) is 48.9 Å². The van der Waals surface area contributed by atoms with Gasteiger partial charge in [0.25, 0.3) is 15.9 Å². The molecule has 2 atom stereocenters. The van der Waals surface area contributed by atoms with Gasteiger partial charge in [0.15, 0.2) is 10.6 Å². The Morgan fingerprint density at radius 1 is 1.21 bits per heavy atom. The monoisotopic (exact) mass is 499 g/mol. The van der Waals surface area contributed by atoms with Crippen molar-refractivity contribution < 1.29 is 40.7 Å². The van der Waals surface area contributed by atoms with Crippen LogP contribution in [0.5, 0.6) is 11.6 Å². The van der Waals surface area contributed by atoms with Crippen LogP contribution in [0.3, 0.4) is 0 Å². The third kappa shape index (κ3) is 4.93. The van der Waals surface area contributed by atoms with Gasteiger partial charge in [-0.3, -0.25) is 4.79 Å². The minimum Gasteiger partial charge on any atom is -0.477 e. The second-order valence-corrected chi connectivity index (χ2v) is 9.93. The zero-order valence-corrected chi connectivity index (χ0v) is 18.6. The van der Waals surface area contributed by atoms with Gasteiger partial charge < -0.3 is 15.2 Å². The summed E-state index contributed by atoms with van der Waals surface area (Å²) in [5.74, 6) is -3.51. The Kier molecular flexibility index (Phi) is 5.70. The maximum Gasteiger partial charge on any atom is 0.411 e. The molecule has 0 spiro atoms. The number of pyridine rings is 1. The zero-order chi connectivity index (χ0) is 24.9. The number of aryl methyl sites for hydroxylation is 1. The summed E-state index contributed by atoms with van der Waals surface area (Å²) in [6, 6.07) is 8.24. The number of rotatable bonds is 7. The van der Waals surface area contributed by atoms with Crippen molar-refractivity contribution in [2.24, 2.45) is 11.7 Å². The SMILES string of the molecule is Cc1ccc(C2CC2C(F)(F)F)c(OC2(C(=O)NS(=O)(=O)c3cccc(OC(N)=O)n3)CC2)c1. The molecule has 1 heterocycles. The molecule has 1 aromatic carbocycles. The molecule has 0 bridgehead atoms. The summed E-state index contributed by atoms with van der Waals surface area (Å²) in [7, 11) is -4.48. The molecule has 2 unspecified atom stereocenters. The number of nitrogens with two attached hydrogens (primary N) is 1. The van der Waals surface area contributed by atoms with Gasteiger partial charge in [-0.15, -0.1) is 0 Å². The molecule has 3 N–H and O–H groups in total. The van der Waals surface area contributed by atoms with Gasteiger partial charge in [-0.25, -0.2) is 9.52 Å². The van der Waals surface area contributed by atoms with Crippen molar-refractivity contribution in [3.05, 3.63) is 47.5 Å². The number of nitrogens with zero attached hydrogens (tertiary/aromatic N) is 1. The quantitative estimate of drug-likeness (QED) is 0.597. The van der Waals surface area contributed by atoms with Crippen molar-refractivity contribution >= 4 is 22.0 Å². The summed E-state index contributed by atoms with van der Waals surface area (Å²) in [5, 5.41) is -0.599. The summed E-state index contributed by atoms with van der Waals surface area (Å²) < 4.78 is 76.9. The predicted octanol–water partition coefficient (Wildman–Crippen LogP) is 2.93. The molecule has 182 valence electrons. The Labute approximate surface area is 192 Å². The van der Waals surface area contributed by atoms with E-state index in [1.807, 2.05) is 4.72 Å². The number of sulfonamides is 1. The first-order chi connectivity index (χ1) is 15.8. The summed E-state index contributed by atoms with van der Waals surface area (Å²) in [6.45, 7) is 1.72. The normalized spacial score (nSPS) is 20.8. The number of amides is 2. The van der Waals surface area contributed by atoms with E-state index in [1.54, 1.807) is 19.1 Å². The number of hydrogen-bond acceptors (Lipinski definition) is 7. The van der Waals surface area contributed by atoms with Crippen LogP contribution in [0.1, 0.15) is 36.3 Å². The minimum absolute atomic E-state index is 0.0775. The Bertz CT molecular complexity index is 1260. The lowest BCUT2D eigenvalue weighted by Gasteiger charge is -2.20. The van der Waals surface area contributed by atoms with E-state index in [2.05, 4.69) is 9.72 Å². The van der Waals surface area contributed by atoms with E-state index in [-0.39, 0.29) is 30.9 Å². The van der Waals surface area contributed by atoms with E-state index >= 15 is 0 Å². The van der Waals surface area contributed by atoms with Crippen molar-refractivity contribution in [3.63, 3.8) is 0 Å². The summed E-state index contributed by atoms with van der Waals surface area (Å²) >= 11 is 0. The fourth-order valence-corrected chi connectivity index (χ4v) is 4.61. The maximum absolute atomic E-state index is 13.1. The lowest BCUT2D eigenvalue weighted by molar-refractivity contribution is -0.148. The van der Waals surface area contributed by atoms with Gasteiger partial charge in [-0.1, -0.05) is 18.2 Å². The summed E-state index contributed by atoms with van der Waals surface area (Å²) in [5.41, 5.74) is 4.38. The predicted molar refractivity (Wildman–Crippen MR) is 110 cm³/mol. The molecule has 1 aromatic heterocycles. The molecular weight excluding hydrogens is 479 g/mol.